The molecule has 0 fully saturated rings. The van der Waals surface area contributed by atoms with Crippen LogP contribution in [0.25, 0.3) is 0 Å². The molecule has 0 radical (unpaired) electrons. The van der Waals surface area contributed by atoms with E-state index in [0.29, 0.717) is 17.4 Å². The van der Waals surface area contributed by atoms with E-state index in [2.05, 4.69) is 17.0 Å². The van der Waals surface area contributed by atoms with E-state index in [-0.39, 0.29) is 0 Å². The summed E-state index contributed by atoms with van der Waals surface area (Å²) in [6.45, 7) is 8.26. The smallest absolute Gasteiger partial charge is 0.240 e. The fourth-order valence-corrected chi connectivity index (χ4v) is 2.70. The fraction of sp³-hybridized carbons (Fsp3) is 0.571. The van der Waals surface area contributed by atoms with Gasteiger partial charge in [-0.25, -0.2) is 13.1 Å². The van der Waals surface area contributed by atoms with Gasteiger partial charge >= 0.3 is 0 Å². The summed E-state index contributed by atoms with van der Waals surface area (Å²) in [7, 11) is -3.37. The van der Waals surface area contributed by atoms with Crippen molar-refractivity contribution in [3.05, 3.63) is 29.8 Å². The van der Waals surface area contributed by atoms with Gasteiger partial charge < -0.3 is 5.32 Å². The Hall–Kier alpha value is -0.910. The third-order valence-corrected chi connectivity index (χ3v) is 4.57. The van der Waals surface area contributed by atoms with Crippen molar-refractivity contribution < 1.29 is 8.42 Å². The van der Waals surface area contributed by atoms with E-state index in [0.717, 1.165) is 25.1 Å². The summed E-state index contributed by atoms with van der Waals surface area (Å²) in [5, 5.41) is 3.21. The predicted octanol–water partition coefficient (Wildman–Crippen LogP) is 2.12. The van der Waals surface area contributed by atoms with Crippen LogP contribution >= 0.6 is 0 Å². The lowest BCUT2D eigenvalue weighted by atomic mass is 10.1. The van der Waals surface area contributed by atoms with Gasteiger partial charge in [0, 0.05) is 13.1 Å². The number of sulfonamides is 1. The highest BCUT2D eigenvalue weighted by Gasteiger charge is 2.14. The van der Waals surface area contributed by atoms with Crippen molar-refractivity contribution in [2.45, 2.75) is 38.6 Å². The summed E-state index contributed by atoms with van der Waals surface area (Å²) >= 11 is 0. The van der Waals surface area contributed by atoms with Crippen LogP contribution in [0.3, 0.4) is 0 Å². The van der Waals surface area contributed by atoms with Gasteiger partial charge in [-0.15, -0.1) is 0 Å². The van der Waals surface area contributed by atoms with Crippen LogP contribution in [0, 0.1) is 5.92 Å². The topological polar surface area (TPSA) is 58.2 Å². The Morgan fingerprint density at radius 1 is 1.16 bits per heavy atom. The number of benzene rings is 1. The molecule has 5 heteroatoms. The summed E-state index contributed by atoms with van der Waals surface area (Å²) in [5.41, 5.74) is 1.09. The molecule has 0 saturated heterocycles. The van der Waals surface area contributed by atoms with Gasteiger partial charge in [0.1, 0.15) is 0 Å². The zero-order valence-corrected chi connectivity index (χ0v) is 12.8. The van der Waals surface area contributed by atoms with E-state index in [1.165, 1.54) is 0 Å². The van der Waals surface area contributed by atoms with Gasteiger partial charge in [-0.1, -0.05) is 39.3 Å². The Labute approximate surface area is 116 Å². The molecule has 0 aliphatic heterocycles. The van der Waals surface area contributed by atoms with Crippen LogP contribution in [0.2, 0.25) is 0 Å². The molecule has 1 unspecified atom stereocenters. The molecule has 1 aromatic rings. The van der Waals surface area contributed by atoms with E-state index in [1.54, 1.807) is 12.1 Å². The van der Waals surface area contributed by atoms with E-state index in [1.807, 2.05) is 26.0 Å². The molecule has 0 saturated carbocycles. The lowest BCUT2D eigenvalue weighted by molar-refractivity contribution is 0.528. The van der Waals surface area contributed by atoms with Crippen LogP contribution < -0.4 is 10.0 Å². The molecule has 2 N–H and O–H groups in total. The summed E-state index contributed by atoms with van der Waals surface area (Å²) < 4.78 is 26.7. The standard InChI is InChI=1S/C14H24N2O2S/c1-4-12(3)10-16-19(17,18)14-8-6-13(7-9-14)11-15-5-2/h6-9,12,15-16H,4-5,10-11H2,1-3H3. The van der Waals surface area contributed by atoms with Gasteiger partial charge in [0.25, 0.3) is 0 Å². The first-order valence-corrected chi connectivity index (χ1v) is 8.27. The highest BCUT2D eigenvalue weighted by Crippen LogP contribution is 2.11. The Morgan fingerprint density at radius 3 is 2.32 bits per heavy atom. The van der Waals surface area contributed by atoms with Gasteiger partial charge in [0.2, 0.25) is 10.0 Å². The molecule has 0 bridgehead atoms. The maximum absolute atomic E-state index is 12.1. The molecule has 4 nitrogen and oxygen atoms in total. The monoisotopic (exact) mass is 284 g/mol. The van der Waals surface area contributed by atoms with Crippen LogP contribution in [0.1, 0.15) is 32.8 Å². The maximum Gasteiger partial charge on any atom is 0.240 e. The first-order valence-electron chi connectivity index (χ1n) is 6.79. The Bertz CT molecular complexity index is 469. The summed E-state index contributed by atoms with van der Waals surface area (Å²) in [4.78, 5) is 0.330. The average Bonchev–Trinajstić information content (AvgIpc) is 2.43. The fourth-order valence-electron chi connectivity index (χ4n) is 1.54. The van der Waals surface area contributed by atoms with Crippen LogP contribution in [0.5, 0.6) is 0 Å². The molecule has 0 aliphatic carbocycles. The molecule has 1 aromatic carbocycles. The molecule has 0 spiro atoms. The lowest BCUT2D eigenvalue weighted by Crippen LogP contribution is -2.28. The van der Waals surface area contributed by atoms with Crippen molar-refractivity contribution >= 4 is 10.0 Å². The minimum Gasteiger partial charge on any atom is -0.313 e. The molecule has 0 aromatic heterocycles. The minimum absolute atomic E-state index is 0.330. The van der Waals surface area contributed by atoms with Crippen LogP contribution in [-0.4, -0.2) is 21.5 Å². The van der Waals surface area contributed by atoms with Gasteiger partial charge in [-0.05, 0) is 30.2 Å². The highest BCUT2D eigenvalue weighted by atomic mass is 32.2. The van der Waals surface area contributed by atoms with Gasteiger partial charge in [0.15, 0.2) is 0 Å². The van der Waals surface area contributed by atoms with Crippen LogP contribution in [0.15, 0.2) is 29.2 Å². The second-order valence-electron chi connectivity index (χ2n) is 4.79. The number of nitrogens with one attached hydrogen (secondary N) is 2. The predicted molar refractivity (Wildman–Crippen MR) is 78.5 cm³/mol. The van der Waals surface area contributed by atoms with E-state index < -0.39 is 10.0 Å². The van der Waals surface area contributed by atoms with E-state index in [9.17, 15) is 8.42 Å². The zero-order chi connectivity index (χ0) is 14.3. The average molecular weight is 284 g/mol. The molecule has 108 valence electrons. The first-order chi connectivity index (χ1) is 8.99. The SMILES string of the molecule is CCNCc1ccc(S(=O)(=O)NCC(C)CC)cc1. The Kier molecular flexibility index (Phi) is 6.48. The molecule has 1 atom stereocenters. The van der Waals surface area contributed by atoms with Crippen molar-refractivity contribution in [1.29, 1.82) is 0 Å². The number of hydrogen-bond acceptors (Lipinski definition) is 3. The zero-order valence-electron chi connectivity index (χ0n) is 11.9. The normalized spacial score (nSPS) is 13.4. The van der Waals surface area contributed by atoms with Crippen molar-refractivity contribution in [2.75, 3.05) is 13.1 Å². The molecule has 0 aliphatic rings. The Balaban J connectivity index is 2.68. The molecule has 1 rings (SSSR count). The lowest BCUT2D eigenvalue weighted by Gasteiger charge is -2.11. The second-order valence-corrected chi connectivity index (χ2v) is 6.56. The van der Waals surface area contributed by atoms with Gasteiger partial charge in [-0.2, -0.15) is 0 Å². The van der Waals surface area contributed by atoms with Gasteiger partial charge in [-0.3, -0.25) is 0 Å². The summed E-state index contributed by atoms with van der Waals surface area (Å²) in [6.07, 6.45) is 0.962. The maximum atomic E-state index is 12.1. The molecular weight excluding hydrogens is 260 g/mol. The second kappa shape index (κ2) is 7.62. The quantitative estimate of drug-likeness (QED) is 0.769. The third-order valence-electron chi connectivity index (χ3n) is 3.13. The number of hydrogen-bond donors (Lipinski definition) is 2. The van der Waals surface area contributed by atoms with E-state index >= 15 is 0 Å². The molecule has 19 heavy (non-hydrogen) atoms. The largest absolute Gasteiger partial charge is 0.313 e. The minimum atomic E-state index is -3.37. The third kappa shape index (κ3) is 5.30. The first kappa shape index (κ1) is 16.1. The number of rotatable bonds is 8. The highest BCUT2D eigenvalue weighted by molar-refractivity contribution is 7.89. The van der Waals surface area contributed by atoms with Crippen molar-refractivity contribution in [3.8, 4) is 0 Å². The Morgan fingerprint density at radius 2 is 1.79 bits per heavy atom. The van der Waals surface area contributed by atoms with Crippen LogP contribution in [-0.2, 0) is 16.6 Å². The molecular formula is C14H24N2O2S. The van der Waals surface area contributed by atoms with Crippen molar-refractivity contribution in [1.82, 2.24) is 10.0 Å². The van der Waals surface area contributed by atoms with Gasteiger partial charge in [0.05, 0.1) is 4.90 Å². The molecule has 0 heterocycles. The summed E-state index contributed by atoms with van der Waals surface area (Å²) in [5.74, 6) is 0.350. The summed E-state index contributed by atoms with van der Waals surface area (Å²) in [6, 6.07) is 7.01. The van der Waals surface area contributed by atoms with Crippen molar-refractivity contribution in [3.63, 3.8) is 0 Å². The van der Waals surface area contributed by atoms with Crippen LogP contribution in [0.4, 0.5) is 0 Å². The van der Waals surface area contributed by atoms with E-state index in [4.69, 9.17) is 0 Å². The van der Waals surface area contributed by atoms with Crippen molar-refractivity contribution in [2.24, 2.45) is 5.92 Å². The molecule has 0 amide bonds.